The highest BCUT2D eigenvalue weighted by molar-refractivity contribution is 5.11. The molecular formula is C16H22O4. The molecule has 4 heteroatoms. The zero-order valence-electron chi connectivity index (χ0n) is 11.6. The molecule has 0 unspecified atom stereocenters. The van der Waals surface area contributed by atoms with Crippen LogP contribution in [-0.4, -0.2) is 35.6 Å². The minimum atomic E-state index is 0.0549. The normalized spacial score (nSPS) is 22.1. The van der Waals surface area contributed by atoms with E-state index in [4.69, 9.17) is 19.4 Å². The molecule has 1 fully saturated rings. The van der Waals surface area contributed by atoms with Crippen LogP contribution in [0.2, 0.25) is 0 Å². The molecule has 1 aliphatic rings. The summed E-state index contributed by atoms with van der Waals surface area (Å²) in [7, 11) is 0. The molecule has 20 heavy (non-hydrogen) atoms. The molecule has 2 rings (SSSR count). The van der Waals surface area contributed by atoms with Crippen molar-refractivity contribution < 1.29 is 19.4 Å². The molecule has 4 nitrogen and oxygen atoms in total. The first-order chi connectivity index (χ1) is 9.83. The van der Waals surface area contributed by atoms with Crippen LogP contribution in [0.5, 0.6) is 0 Å². The number of aryl methyl sites for hydroxylation is 1. The van der Waals surface area contributed by atoms with Crippen molar-refractivity contribution in [2.24, 2.45) is 0 Å². The first kappa shape index (κ1) is 15.0. The molecule has 2 heterocycles. The number of aliphatic hydroxyl groups excluding tert-OH is 2. The van der Waals surface area contributed by atoms with E-state index >= 15 is 0 Å². The van der Waals surface area contributed by atoms with Gasteiger partial charge in [0.05, 0.1) is 19.3 Å². The molecule has 0 aromatic carbocycles. The summed E-state index contributed by atoms with van der Waals surface area (Å²) < 4.78 is 10.9. The summed E-state index contributed by atoms with van der Waals surface area (Å²) in [4.78, 5) is 0. The summed E-state index contributed by atoms with van der Waals surface area (Å²) >= 11 is 0. The third-order valence-corrected chi connectivity index (χ3v) is 3.27. The maximum Gasteiger partial charge on any atom is 0.107 e. The Morgan fingerprint density at radius 3 is 2.60 bits per heavy atom. The van der Waals surface area contributed by atoms with Crippen LogP contribution in [0.1, 0.15) is 24.4 Å². The van der Waals surface area contributed by atoms with Crippen LogP contribution in [0.15, 0.2) is 40.9 Å². The number of aliphatic hydroxyl groups is 2. The van der Waals surface area contributed by atoms with E-state index in [1.54, 1.807) is 6.08 Å². The highest BCUT2D eigenvalue weighted by Gasteiger charge is 2.36. The Labute approximate surface area is 119 Å². The molecule has 0 bridgehead atoms. The second-order valence-corrected chi connectivity index (χ2v) is 4.87. The van der Waals surface area contributed by atoms with Gasteiger partial charge in [0.25, 0.3) is 0 Å². The van der Waals surface area contributed by atoms with E-state index in [0.717, 1.165) is 37.2 Å². The fourth-order valence-corrected chi connectivity index (χ4v) is 2.06. The lowest BCUT2D eigenvalue weighted by molar-refractivity contribution is 0.242. The number of hydrogen-bond donors (Lipinski definition) is 2. The maximum absolute atomic E-state index is 8.83. The zero-order valence-corrected chi connectivity index (χ0v) is 11.6. The van der Waals surface area contributed by atoms with Crippen molar-refractivity contribution in [3.05, 3.63) is 48.0 Å². The SMILES string of the molecule is OC/C=C/Cc1ccc(CC/C=C/C[C@H]2O[C@@H]2CO)o1. The van der Waals surface area contributed by atoms with Crippen LogP contribution >= 0.6 is 0 Å². The first-order valence-electron chi connectivity index (χ1n) is 7.08. The van der Waals surface area contributed by atoms with Gasteiger partial charge in [-0.2, -0.15) is 0 Å². The lowest BCUT2D eigenvalue weighted by Gasteiger charge is -1.93. The Kier molecular flexibility index (Phi) is 6.05. The van der Waals surface area contributed by atoms with Gasteiger partial charge >= 0.3 is 0 Å². The molecule has 2 atom stereocenters. The number of allylic oxidation sites excluding steroid dienone is 2. The standard InChI is InChI=1S/C16H22O4/c17-11-5-4-7-14-10-9-13(19-14)6-2-1-3-8-15-16(12-18)20-15/h1,3-5,9-10,15-18H,2,6-8,11-12H2/b3-1+,5-4+/t15-,16-/m1/s1. The summed E-state index contributed by atoms with van der Waals surface area (Å²) in [6, 6.07) is 3.98. The predicted octanol–water partition coefficient (Wildman–Crippen LogP) is 2.01. The molecule has 1 aromatic heterocycles. The molecular weight excluding hydrogens is 256 g/mol. The molecule has 1 aliphatic heterocycles. The number of rotatable bonds is 9. The summed E-state index contributed by atoms with van der Waals surface area (Å²) in [6.45, 7) is 0.193. The summed E-state index contributed by atoms with van der Waals surface area (Å²) in [5.41, 5.74) is 0. The van der Waals surface area contributed by atoms with Gasteiger partial charge in [0.1, 0.15) is 17.6 Å². The van der Waals surface area contributed by atoms with E-state index in [2.05, 4.69) is 12.2 Å². The monoisotopic (exact) mass is 278 g/mol. The number of hydrogen-bond acceptors (Lipinski definition) is 4. The second kappa shape index (κ2) is 8.04. The van der Waals surface area contributed by atoms with Gasteiger partial charge in [0, 0.05) is 12.8 Å². The van der Waals surface area contributed by atoms with Crippen molar-refractivity contribution in [3.8, 4) is 0 Å². The van der Waals surface area contributed by atoms with Gasteiger partial charge < -0.3 is 19.4 Å². The molecule has 1 aromatic rings. The van der Waals surface area contributed by atoms with E-state index in [0.29, 0.717) is 0 Å². The van der Waals surface area contributed by atoms with E-state index < -0.39 is 0 Å². The van der Waals surface area contributed by atoms with Gasteiger partial charge in [-0.15, -0.1) is 0 Å². The minimum Gasteiger partial charge on any atom is -0.466 e. The van der Waals surface area contributed by atoms with E-state index in [-0.39, 0.29) is 25.4 Å². The molecule has 0 saturated carbocycles. The summed E-state index contributed by atoms with van der Waals surface area (Å²) in [5.74, 6) is 1.91. The smallest absolute Gasteiger partial charge is 0.107 e. The third kappa shape index (κ3) is 4.96. The Morgan fingerprint density at radius 2 is 1.85 bits per heavy atom. The summed E-state index contributed by atoms with van der Waals surface area (Å²) in [5, 5.41) is 17.5. The van der Waals surface area contributed by atoms with E-state index in [9.17, 15) is 0 Å². The highest BCUT2D eigenvalue weighted by atomic mass is 16.6. The van der Waals surface area contributed by atoms with Crippen molar-refractivity contribution in [1.82, 2.24) is 0 Å². The van der Waals surface area contributed by atoms with Crippen LogP contribution in [-0.2, 0) is 17.6 Å². The van der Waals surface area contributed by atoms with Gasteiger partial charge in [-0.05, 0) is 25.0 Å². The Balaban J connectivity index is 1.61. The van der Waals surface area contributed by atoms with Gasteiger partial charge in [-0.25, -0.2) is 0 Å². The average Bonchev–Trinajstić information content (AvgIpc) is 3.08. The molecule has 0 radical (unpaired) electrons. The molecule has 0 spiro atoms. The fourth-order valence-electron chi connectivity index (χ4n) is 2.06. The Bertz CT molecular complexity index is 447. The van der Waals surface area contributed by atoms with Crippen LogP contribution in [0.25, 0.3) is 0 Å². The molecule has 0 aliphatic carbocycles. The first-order valence-corrected chi connectivity index (χ1v) is 7.08. The topological polar surface area (TPSA) is 66.1 Å². The van der Waals surface area contributed by atoms with Gasteiger partial charge in [-0.1, -0.05) is 24.3 Å². The Morgan fingerprint density at radius 1 is 1.00 bits per heavy atom. The molecule has 0 amide bonds. The zero-order chi connectivity index (χ0) is 14.2. The van der Waals surface area contributed by atoms with Crippen molar-refractivity contribution in [1.29, 1.82) is 0 Å². The van der Waals surface area contributed by atoms with E-state index in [1.807, 2.05) is 18.2 Å². The van der Waals surface area contributed by atoms with Gasteiger partial charge in [0.15, 0.2) is 0 Å². The molecule has 1 saturated heterocycles. The second-order valence-electron chi connectivity index (χ2n) is 4.87. The lowest BCUT2D eigenvalue weighted by Crippen LogP contribution is -1.97. The van der Waals surface area contributed by atoms with Crippen molar-refractivity contribution in [2.45, 2.75) is 37.9 Å². The largest absolute Gasteiger partial charge is 0.466 e. The number of epoxide rings is 1. The summed E-state index contributed by atoms with van der Waals surface area (Å²) in [6.07, 6.45) is 11.5. The lowest BCUT2D eigenvalue weighted by atomic mass is 10.2. The average molecular weight is 278 g/mol. The van der Waals surface area contributed by atoms with Crippen LogP contribution in [0.3, 0.4) is 0 Å². The fraction of sp³-hybridized carbons (Fsp3) is 0.500. The Hall–Kier alpha value is -1.36. The third-order valence-electron chi connectivity index (χ3n) is 3.27. The minimum absolute atomic E-state index is 0.0549. The highest BCUT2D eigenvalue weighted by Crippen LogP contribution is 2.24. The van der Waals surface area contributed by atoms with Gasteiger partial charge in [-0.3, -0.25) is 0 Å². The predicted molar refractivity (Wildman–Crippen MR) is 76.5 cm³/mol. The quantitative estimate of drug-likeness (QED) is 0.535. The maximum atomic E-state index is 8.83. The number of ether oxygens (including phenoxy) is 1. The van der Waals surface area contributed by atoms with Crippen molar-refractivity contribution in [2.75, 3.05) is 13.2 Å². The molecule has 110 valence electrons. The van der Waals surface area contributed by atoms with Crippen LogP contribution < -0.4 is 0 Å². The molecule has 2 N–H and O–H groups in total. The van der Waals surface area contributed by atoms with Crippen molar-refractivity contribution >= 4 is 0 Å². The number of furan rings is 1. The van der Waals surface area contributed by atoms with Crippen molar-refractivity contribution in [3.63, 3.8) is 0 Å². The van der Waals surface area contributed by atoms with Crippen LogP contribution in [0.4, 0.5) is 0 Å². The van der Waals surface area contributed by atoms with Crippen LogP contribution in [0, 0.1) is 0 Å². The van der Waals surface area contributed by atoms with E-state index in [1.165, 1.54) is 0 Å². The van der Waals surface area contributed by atoms with Gasteiger partial charge in [0.2, 0.25) is 0 Å².